The van der Waals surface area contributed by atoms with Crippen LogP contribution in [0.4, 0.5) is 5.69 Å². The number of sulfonamides is 1. The summed E-state index contributed by atoms with van der Waals surface area (Å²) in [6.45, 7) is 3.58. The summed E-state index contributed by atoms with van der Waals surface area (Å²) < 4.78 is 28.4. The summed E-state index contributed by atoms with van der Waals surface area (Å²) in [5.74, 6) is 0. The van der Waals surface area contributed by atoms with Gasteiger partial charge in [0.15, 0.2) is 0 Å². The molecule has 6 heteroatoms. The molecule has 106 valence electrons. The molecule has 0 heterocycles. The zero-order valence-corrected chi connectivity index (χ0v) is 14.1. The normalized spacial score (nSPS) is 11.4. The maximum atomic E-state index is 12.4. The van der Waals surface area contributed by atoms with Gasteiger partial charge in [-0.25, -0.2) is 8.42 Å². The first-order valence-electron chi connectivity index (χ1n) is 5.85. The first-order chi connectivity index (χ1) is 9.29. The lowest BCUT2D eigenvalue weighted by molar-refractivity contribution is 0.600. The van der Waals surface area contributed by atoms with Crippen molar-refractivity contribution in [1.82, 2.24) is 0 Å². The van der Waals surface area contributed by atoms with E-state index >= 15 is 0 Å². The average Bonchev–Trinajstić information content (AvgIpc) is 2.35. The number of nitrogens with one attached hydrogen (secondary N) is 1. The van der Waals surface area contributed by atoms with Crippen LogP contribution in [0.25, 0.3) is 0 Å². The predicted octanol–water partition coefficient (Wildman–Crippen LogP) is 4.52. The van der Waals surface area contributed by atoms with Gasteiger partial charge in [-0.15, -0.1) is 0 Å². The summed E-state index contributed by atoms with van der Waals surface area (Å²) in [5.41, 5.74) is 2.03. The number of halogens is 2. The van der Waals surface area contributed by atoms with E-state index in [1.165, 1.54) is 6.07 Å². The van der Waals surface area contributed by atoms with Crippen molar-refractivity contribution in [3.8, 4) is 0 Å². The molecule has 0 aliphatic carbocycles. The number of aryl methyl sites for hydroxylation is 2. The highest BCUT2D eigenvalue weighted by molar-refractivity contribution is 9.10. The lowest BCUT2D eigenvalue weighted by Crippen LogP contribution is -2.15. The maximum Gasteiger partial charge on any atom is 0.262 e. The van der Waals surface area contributed by atoms with Crippen molar-refractivity contribution in [2.75, 3.05) is 4.72 Å². The SMILES string of the molecule is Cc1cc(Br)ccc1NS(=O)(=O)c1cc(Cl)ccc1C. The second-order valence-corrected chi connectivity index (χ2v) is 7.48. The summed E-state index contributed by atoms with van der Waals surface area (Å²) in [7, 11) is -3.65. The van der Waals surface area contributed by atoms with Crippen LogP contribution >= 0.6 is 27.5 Å². The van der Waals surface area contributed by atoms with Crippen LogP contribution in [0.15, 0.2) is 45.8 Å². The molecule has 0 saturated heterocycles. The van der Waals surface area contributed by atoms with Crippen LogP contribution in [-0.4, -0.2) is 8.42 Å². The Bertz CT molecular complexity index is 760. The van der Waals surface area contributed by atoms with Crippen molar-refractivity contribution < 1.29 is 8.42 Å². The molecule has 2 aromatic carbocycles. The Hall–Kier alpha value is -1.04. The Morgan fingerprint density at radius 2 is 1.75 bits per heavy atom. The highest BCUT2D eigenvalue weighted by Gasteiger charge is 2.18. The molecular weight excluding hydrogens is 362 g/mol. The molecule has 3 nitrogen and oxygen atoms in total. The Kier molecular flexibility index (Phi) is 4.42. The van der Waals surface area contributed by atoms with E-state index < -0.39 is 10.0 Å². The Morgan fingerprint density at radius 3 is 2.40 bits per heavy atom. The molecule has 20 heavy (non-hydrogen) atoms. The second kappa shape index (κ2) is 5.76. The number of hydrogen-bond acceptors (Lipinski definition) is 2. The molecule has 0 aliphatic rings. The van der Waals surface area contributed by atoms with Gasteiger partial charge in [-0.05, 0) is 55.3 Å². The van der Waals surface area contributed by atoms with Gasteiger partial charge in [0.1, 0.15) is 0 Å². The monoisotopic (exact) mass is 373 g/mol. The van der Waals surface area contributed by atoms with Crippen molar-refractivity contribution in [2.45, 2.75) is 18.7 Å². The molecule has 0 spiro atoms. The van der Waals surface area contributed by atoms with E-state index in [0.717, 1.165) is 10.0 Å². The zero-order valence-electron chi connectivity index (χ0n) is 10.9. The first-order valence-corrected chi connectivity index (χ1v) is 8.50. The van der Waals surface area contributed by atoms with Crippen LogP contribution in [-0.2, 0) is 10.0 Å². The van der Waals surface area contributed by atoms with Gasteiger partial charge in [0.25, 0.3) is 10.0 Å². The Labute approximate surface area is 132 Å². The lowest BCUT2D eigenvalue weighted by atomic mass is 10.2. The summed E-state index contributed by atoms with van der Waals surface area (Å²) >= 11 is 9.23. The minimum absolute atomic E-state index is 0.187. The van der Waals surface area contributed by atoms with E-state index in [4.69, 9.17) is 11.6 Å². The molecule has 0 aliphatic heterocycles. The Morgan fingerprint density at radius 1 is 1.05 bits per heavy atom. The highest BCUT2D eigenvalue weighted by Crippen LogP contribution is 2.25. The van der Waals surface area contributed by atoms with E-state index in [2.05, 4.69) is 20.7 Å². The largest absolute Gasteiger partial charge is 0.279 e. The van der Waals surface area contributed by atoms with Gasteiger partial charge < -0.3 is 0 Å². The van der Waals surface area contributed by atoms with Gasteiger partial charge >= 0.3 is 0 Å². The quantitative estimate of drug-likeness (QED) is 0.858. The molecule has 0 bridgehead atoms. The zero-order chi connectivity index (χ0) is 14.9. The van der Waals surface area contributed by atoms with Crippen LogP contribution in [0.1, 0.15) is 11.1 Å². The molecule has 0 amide bonds. The fourth-order valence-electron chi connectivity index (χ4n) is 1.80. The van der Waals surface area contributed by atoms with E-state index in [1.807, 2.05) is 13.0 Å². The third kappa shape index (κ3) is 3.34. The molecule has 0 radical (unpaired) electrons. The Balaban J connectivity index is 2.43. The summed E-state index contributed by atoms with van der Waals surface area (Å²) in [6, 6.07) is 10.2. The van der Waals surface area contributed by atoms with Crippen molar-refractivity contribution in [1.29, 1.82) is 0 Å². The number of benzene rings is 2. The number of anilines is 1. The molecule has 0 unspecified atom stereocenters. The molecule has 1 N–H and O–H groups in total. The van der Waals surface area contributed by atoms with Crippen molar-refractivity contribution in [3.05, 3.63) is 57.0 Å². The molecule has 2 rings (SSSR count). The molecule has 0 aromatic heterocycles. The van der Waals surface area contributed by atoms with Gasteiger partial charge in [-0.1, -0.05) is 33.6 Å². The predicted molar refractivity (Wildman–Crippen MR) is 85.9 cm³/mol. The van der Waals surface area contributed by atoms with Crippen molar-refractivity contribution in [2.24, 2.45) is 0 Å². The fourth-order valence-corrected chi connectivity index (χ4v) is 3.92. The molecule has 0 saturated carbocycles. The van der Waals surface area contributed by atoms with E-state index in [0.29, 0.717) is 16.3 Å². The van der Waals surface area contributed by atoms with Crippen LogP contribution in [0.2, 0.25) is 5.02 Å². The van der Waals surface area contributed by atoms with Gasteiger partial charge in [-0.2, -0.15) is 0 Å². The minimum atomic E-state index is -3.65. The second-order valence-electron chi connectivity index (χ2n) is 4.47. The molecule has 0 atom stereocenters. The van der Waals surface area contributed by atoms with E-state index in [9.17, 15) is 8.42 Å². The van der Waals surface area contributed by atoms with Gasteiger partial charge in [-0.3, -0.25) is 4.72 Å². The topological polar surface area (TPSA) is 46.2 Å². The van der Waals surface area contributed by atoms with Gasteiger partial charge in [0, 0.05) is 9.50 Å². The summed E-state index contributed by atoms with van der Waals surface area (Å²) in [5, 5.41) is 0.392. The molecular formula is C14H13BrClNO2S. The van der Waals surface area contributed by atoms with Crippen LogP contribution < -0.4 is 4.72 Å². The average molecular weight is 375 g/mol. The lowest BCUT2D eigenvalue weighted by Gasteiger charge is -2.12. The molecule has 0 fully saturated rings. The fraction of sp³-hybridized carbons (Fsp3) is 0.143. The van der Waals surface area contributed by atoms with Gasteiger partial charge in [0.2, 0.25) is 0 Å². The van der Waals surface area contributed by atoms with Crippen LogP contribution in [0, 0.1) is 13.8 Å². The van der Waals surface area contributed by atoms with Crippen molar-refractivity contribution >= 4 is 43.2 Å². The maximum absolute atomic E-state index is 12.4. The summed E-state index contributed by atoms with van der Waals surface area (Å²) in [6.07, 6.45) is 0. The van der Waals surface area contributed by atoms with E-state index in [1.54, 1.807) is 31.2 Å². The first kappa shape index (κ1) is 15.4. The minimum Gasteiger partial charge on any atom is -0.279 e. The highest BCUT2D eigenvalue weighted by atomic mass is 79.9. The third-order valence-electron chi connectivity index (χ3n) is 2.87. The number of hydrogen-bond donors (Lipinski definition) is 1. The van der Waals surface area contributed by atoms with Gasteiger partial charge in [0.05, 0.1) is 10.6 Å². The van der Waals surface area contributed by atoms with E-state index in [-0.39, 0.29) is 4.90 Å². The van der Waals surface area contributed by atoms with Crippen LogP contribution in [0.5, 0.6) is 0 Å². The third-order valence-corrected chi connectivity index (χ3v) is 5.11. The summed E-state index contributed by atoms with van der Waals surface area (Å²) in [4.78, 5) is 0.187. The molecule has 2 aromatic rings. The smallest absolute Gasteiger partial charge is 0.262 e. The van der Waals surface area contributed by atoms with Crippen LogP contribution in [0.3, 0.4) is 0 Å². The number of rotatable bonds is 3. The standard InChI is InChI=1S/C14H13BrClNO2S/c1-9-3-5-12(16)8-14(9)20(18,19)17-13-6-4-11(15)7-10(13)2/h3-8,17H,1-2H3. The van der Waals surface area contributed by atoms with Crippen molar-refractivity contribution in [3.63, 3.8) is 0 Å².